The molecule has 1 amide bonds. The molecule has 0 aliphatic carbocycles. The Hall–Kier alpha value is -3.56. The molecule has 36 heavy (non-hydrogen) atoms. The molecule has 0 bridgehead atoms. The lowest BCUT2D eigenvalue weighted by atomic mass is 9.95. The van der Waals surface area contributed by atoms with Crippen LogP contribution in [0.3, 0.4) is 0 Å². The second-order valence-corrected chi connectivity index (χ2v) is 9.07. The molecular weight excluding hydrogens is 464 g/mol. The molecule has 2 aliphatic heterocycles. The Labute approximate surface area is 210 Å². The van der Waals surface area contributed by atoms with Gasteiger partial charge in [-0.3, -0.25) is 14.5 Å². The molecule has 2 fully saturated rings. The summed E-state index contributed by atoms with van der Waals surface area (Å²) in [5.41, 5.74) is 0.633. The van der Waals surface area contributed by atoms with E-state index in [0.717, 1.165) is 13.1 Å². The zero-order chi connectivity index (χ0) is 25.8. The van der Waals surface area contributed by atoms with E-state index in [1.54, 1.807) is 30.3 Å². The van der Waals surface area contributed by atoms with Gasteiger partial charge in [0, 0.05) is 32.2 Å². The molecule has 2 aliphatic rings. The van der Waals surface area contributed by atoms with Crippen LogP contribution >= 0.6 is 0 Å². The van der Waals surface area contributed by atoms with E-state index < -0.39 is 23.5 Å². The average molecular weight is 497 g/mol. The number of rotatable bonds is 8. The molecule has 1 atom stereocenters. The first-order chi connectivity index (χ1) is 17.3. The number of ether oxygens (including phenoxy) is 3. The van der Waals surface area contributed by atoms with Gasteiger partial charge in [-0.15, -0.1) is 0 Å². The molecule has 9 nitrogen and oxygen atoms in total. The van der Waals surface area contributed by atoms with E-state index in [2.05, 4.69) is 4.90 Å². The van der Waals surface area contributed by atoms with Crippen molar-refractivity contribution in [3.8, 4) is 17.2 Å². The summed E-state index contributed by atoms with van der Waals surface area (Å²) >= 11 is 0. The number of methoxy groups -OCH3 is 1. The number of carbonyl (C=O) groups excluding carboxylic acids is 2. The van der Waals surface area contributed by atoms with Crippen LogP contribution in [-0.4, -0.2) is 84.3 Å². The van der Waals surface area contributed by atoms with Gasteiger partial charge >= 0.3 is 0 Å². The number of phenolic OH excluding ortho intramolecular Hbond substituents is 1. The predicted octanol–water partition coefficient (Wildman–Crippen LogP) is 2.94. The van der Waals surface area contributed by atoms with Gasteiger partial charge in [-0.2, -0.15) is 0 Å². The van der Waals surface area contributed by atoms with E-state index in [1.165, 1.54) is 24.1 Å². The number of ketones is 1. The van der Waals surface area contributed by atoms with Gasteiger partial charge in [-0.25, -0.2) is 0 Å². The third-order valence-corrected chi connectivity index (χ3v) is 6.33. The van der Waals surface area contributed by atoms with E-state index in [9.17, 15) is 19.8 Å². The van der Waals surface area contributed by atoms with Crippen molar-refractivity contribution >= 4 is 17.4 Å². The fourth-order valence-electron chi connectivity index (χ4n) is 4.52. The fraction of sp³-hybridized carbons (Fsp3) is 0.407. The third-order valence-electron chi connectivity index (χ3n) is 6.33. The smallest absolute Gasteiger partial charge is 0.295 e. The van der Waals surface area contributed by atoms with E-state index in [0.29, 0.717) is 43.4 Å². The number of aliphatic hydroxyl groups excluding tert-OH is 1. The summed E-state index contributed by atoms with van der Waals surface area (Å²) in [6, 6.07) is 10.7. The minimum atomic E-state index is -0.819. The van der Waals surface area contributed by atoms with Gasteiger partial charge < -0.3 is 29.3 Å². The van der Waals surface area contributed by atoms with Crippen molar-refractivity contribution in [1.29, 1.82) is 0 Å². The fourth-order valence-corrected chi connectivity index (χ4v) is 4.52. The number of nitrogens with zero attached hydrogens (tertiary/aromatic N) is 2. The number of Topliss-reactive ketones (excluding diaryl/α,β-unsaturated/α-hetero) is 1. The van der Waals surface area contributed by atoms with Crippen LogP contribution in [0.5, 0.6) is 17.2 Å². The highest BCUT2D eigenvalue weighted by Crippen LogP contribution is 2.41. The Balaban J connectivity index is 1.74. The highest BCUT2D eigenvalue weighted by molar-refractivity contribution is 6.46. The molecule has 2 N–H and O–H groups in total. The highest BCUT2D eigenvalue weighted by Gasteiger charge is 2.46. The Bertz CT molecular complexity index is 1140. The number of carbonyl (C=O) groups is 2. The number of phenols is 1. The zero-order valence-corrected chi connectivity index (χ0v) is 20.8. The van der Waals surface area contributed by atoms with Crippen LogP contribution in [-0.2, 0) is 14.3 Å². The van der Waals surface area contributed by atoms with Crippen LogP contribution in [0.25, 0.3) is 5.76 Å². The molecule has 2 aromatic carbocycles. The number of morpholine rings is 1. The summed E-state index contributed by atoms with van der Waals surface area (Å²) in [6.45, 7) is 7.45. The molecule has 0 unspecified atom stereocenters. The van der Waals surface area contributed by atoms with E-state index in [4.69, 9.17) is 14.2 Å². The van der Waals surface area contributed by atoms with Crippen LogP contribution in [0.2, 0.25) is 0 Å². The van der Waals surface area contributed by atoms with E-state index >= 15 is 0 Å². The summed E-state index contributed by atoms with van der Waals surface area (Å²) in [4.78, 5) is 30.1. The lowest BCUT2D eigenvalue weighted by Gasteiger charge is -2.31. The number of hydrogen-bond acceptors (Lipinski definition) is 8. The van der Waals surface area contributed by atoms with Crippen molar-refractivity contribution in [2.45, 2.75) is 26.0 Å². The van der Waals surface area contributed by atoms with Gasteiger partial charge in [0.25, 0.3) is 11.7 Å². The second-order valence-electron chi connectivity index (χ2n) is 9.07. The van der Waals surface area contributed by atoms with Crippen LogP contribution in [0.15, 0.2) is 48.0 Å². The number of hydrogen-bond donors (Lipinski definition) is 2. The quantitative estimate of drug-likeness (QED) is 0.326. The van der Waals surface area contributed by atoms with Gasteiger partial charge in [0.15, 0.2) is 0 Å². The molecule has 2 saturated heterocycles. The van der Waals surface area contributed by atoms with Crippen LogP contribution in [0.4, 0.5) is 0 Å². The maximum Gasteiger partial charge on any atom is 0.295 e. The normalized spacial score (nSPS) is 20.2. The Morgan fingerprint density at radius 3 is 2.33 bits per heavy atom. The van der Waals surface area contributed by atoms with Crippen LogP contribution in [0.1, 0.15) is 31.0 Å². The van der Waals surface area contributed by atoms with Gasteiger partial charge in [-0.05, 0) is 43.7 Å². The minimum Gasteiger partial charge on any atom is -0.507 e. The summed E-state index contributed by atoms with van der Waals surface area (Å²) in [5, 5.41) is 21.7. The number of aromatic hydroxyl groups is 1. The molecular formula is C27H32N2O7. The van der Waals surface area contributed by atoms with Crippen molar-refractivity contribution in [1.82, 2.24) is 9.80 Å². The SMILES string of the molecule is COc1ccc(C(O)=C2C(=O)C(=O)N(CCN3CCOCC3)[C@H]2c2ccc(OC(C)C)cc2)c(O)c1. The van der Waals surface area contributed by atoms with Crippen LogP contribution in [0, 0.1) is 0 Å². The first kappa shape index (κ1) is 25.5. The summed E-state index contributed by atoms with van der Waals surface area (Å²) in [6.07, 6.45) is -0.00643. The predicted molar refractivity (Wildman–Crippen MR) is 133 cm³/mol. The lowest BCUT2D eigenvalue weighted by Crippen LogP contribution is -2.42. The summed E-state index contributed by atoms with van der Waals surface area (Å²) in [5.74, 6) is -1.12. The van der Waals surface area contributed by atoms with Gasteiger partial charge in [0.05, 0.1) is 43.6 Å². The molecule has 0 saturated carbocycles. The molecule has 0 aromatic heterocycles. The van der Waals surface area contributed by atoms with Crippen LogP contribution < -0.4 is 9.47 Å². The molecule has 0 spiro atoms. The number of amides is 1. The number of aliphatic hydroxyl groups is 1. The van der Waals surface area contributed by atoms with Crippen molar-refractivity contribution in [3.63, 3.8) is 0 Å². The monoisotopic (exact) mass is 496 g/mol. The van der Waals surface area contributed by atoms with Gasteiger partial charge in [0.2, 0.25) is 0 Å². The van der Waals surface area contributed by atoms with Gasteiger partial charge in [0.1, 0.15) is 23.0 Å². The molecule has 2 heterocycles. The maximum absolute atomic E-state index is 13.2. The van der Waals surface area contributed by atoms with Crippen molar-refractivity contribution in [2.24, 2.45) is 0 Å². The van der Waals surface area contributed by atoms with E-state index in [1.807, 2.05) is 13.8 Å². The van der Waals surface area contributed by atoms with Crippen molar-refractivity contribution in [2.75, 3.05) is 46.5 Å². The molecule has 9 heteroatoms. The third kappa shape index (κ3) is 5.32. The summed E-state index contributed by atoms with van der Waals surface area (Å²) < 4.78 is 16.3. The first-order valence-corrected chi connectivity index (χ1v) is 12.0. The molecule has 4 rings (SSSR count). The first-order valence-electron chi connectivity index (χ1n) is 12.0. The minimum absolute atomic E-state index is 0.00643. The Morgan fingerprint density at radius 2 is 1.72 bits per heavy atom. The van der Waals surface area contributed by atoms with E-state index in [-0.39, 0.29) is 23.0 Å². The molecule has 192 valence electrons. The second kappa shape index (κ2) is 11.0. The zero-order valence-electron chi connectivity index (χ0n) is 20.8. The average Bonchev–Trinajstić information content (AvgIpc) is 3.12. The number of likely N-dealkylation sites (tertiary alicyclic amines) is 1. The van der Waals surface area contributed by atoms with Crippen molar-refractivity contribution in [3.05, 3.63) is 59.2 Å². The Kier molecular flexibility index (Phi) is 7.81. The topological polar surface area (TPSA) is 109 Å². The molecule has 2 aromatic rings. The number of benzene rings is 2. The lowest BCUT2D eigenvalue weighted by molar-refractivity contribution is -0.140. The standard InChI is InChI=1S/C27H32N2O7/c1-17(2)36-19-6-4-18(5-7-19)24-23(25(31)21-9-8-20(34-3)16-22(21)30)26(32)27(33)29(24)11-10-28-12-14-35-15-13-28/h4-9,16-17,24,30-31H,10-15H2,1-3H3/t24-/m0/s1. The summed E-state index contributed by atoms with van der Waals surface area (Å²) in [7, 11) is 1.46. The van der Waals surface area contributed by atoms with Gasteiger partial charge in [-0.1, -0.05) is 12.1 Å². The largest absolute Gasteiger partial charge is 0.507 e. The molecule has 0 radical (unpaired) electrons. The Morgan fingerprint density at radius 1 is 1.06 bits per heavy atom. The van der Waals surface area contributed by atoms with Crippen molar-refractivity contribution < 1.29 is 34.0 Å². The highest BCUT2D eigenvalue weighted by atomic mass is 16.5. The maximum atomic E-state index is 13.2.